The van der Waals surface area contributed by atoms with E-state index in [1.807, 2.05) is 25.1 Å². The van der Waals surface area contributed by atoms with Gasteiger partial charge in [-0.1, -0.05) is 0 Å². The van der Waals surface area contributed by atoms with Gasteiger partial charge in [0.05, 0.1) is 32.3 Å². The molecule has 150 valence electrons. The summed E-state index contributed by atoms with van der Waals surface area (Å²) >= 11 is 1.59. The highest BCUT2D eigenvalue weighted by molar-refractivity contribution is 7.18. The first-order chi connectivity index (χ1) is 14.4. The van der Waals surface area contributed by atoms with Crippen molar-refractivity contribution in [2.75, 3.05) is 16.8 Å². The lowest BCUT2D eigenvalue weighted by Gasteiger charge is -2.17. The maximum Gasteiger partial charge on any atom is 0.259 e. The third-order valence-corrected chi connectivity index (χ3v) is 6.24. The number of nitrogens with one attached hydrogen (secondary N) is 2. The fraction of sp³-hybridized carbons (Fsp3) is 0.190. The molecule has 1 unspecified atom stereocenters. The Morgan fingerprint density at radius 1 is 1.13 bits per heavy atom. The topological polar surface area (TPSA) is 108 Å². The summed E-state index contributed by atoms with van der Waals surface area (Å²) in [4.78, 5) is 54.8. The van der Waals surface area contributed by atoms with Crippen LogP contribution in [0.15, 0.2) is 36.4 Å². The molecule has 1 aromatic heterocycles. The number of rotatable bonds is 3. The van der Waals surface area contributed by atoms with Gasteiger partial charge in [-0.2, -0.15) is 0 Å². The van der Waals surface area contributed by atoms with Crippen molar-refractivity contribution in [3.63, 3.8) is 0 Å². The van der Waals surface area contributed by atoms with Crippen molar-refractivity contribution in [2.24, 2.45) is 5.92 Å². The van der Waals surface area contributed by atoms with E-state index in [1.54, 1.807) is 22.3 Å². The van der Waals surface area contributed by atoms with E-state index < -0.39 is 17.7 Å². The Hall–Kier alpha value is -3.59. The van der Waals surface area contributed by atoms with Gasteiger partial charge in [-0.3, -0.25) is 24.5 Å². The van der Waals surface area contributed by atoms with E-state index in [4.69, 9.17) is 0 Å². The van der Waals surface area contributed by atoms with Crippen LogP contribution < -0.4 is 15.5 Å². The summed E-state index contributed by atoms with van der Waals surface area (Å²) in [6.45, 7) is 2.20. The van der Waals surface area contributed by atoms with Gasteiger partial charge < -0.3 is 10.2 Å². The van der Waals surface area contributed by atoms with Crippen LogP contribution in [-0.4, -0.2) is 35.2 Å². The number of fused-ring (bicyclic) bond motifs is 2. The molecule has 1 saturated heterocycles. The lowest BCUT2D eigenvalue weighted by atomic mass is 10.1. The van der Waals surface area contributed by atoms with Crippen LogP contribution >= 0.6 is 11.3 Å². The van der Waals surface area contributed by atoms with Gasteiger partial charge in [0.1, 0.15) is 0 Å². The van der Waals surface area contributed by atoms with Crippen molar-refractivity contribution >= 4 is 56.6 Å². The Morgan fingerprint density at radius 2 is 1.93 bits per heavy atom. The predicted molar refractivity (Wildman–Crippen MR) is 112 cm³/mol. The summed E-state index contributed by atoms with van der Waals surface area (Å²) in [5.41, 5.74) is 2.48. The Labute approximate surface area is 174 Å². The zero-order chi connectivity index (χ0) is 21.0. The number of nitrogens with zero attached hydrogens (tertiary/aromatic N) is 2. The molecule has 0 spiro atoms. The Balaban J connectivity index is 1.32. The van der Waals surface area contributed by atoms with Gasteiger partial charge in [0.15, 0.2) is 0 Å². The number of hydrogen-bond donors (Lipinski definition) is 2. The smallest absolute Gasteiger partial charge is 0.259 e. The lowest BCUT2D eigenvalue weighted by Crippen LogP contribution is -2.28. The average molecular weight is 420 g/mol. The molecule has 3 heterocycles. The van der Waals surface area contributed by atoms with E-state index in [1.165, 1.54) is 12.1 Å². The number of carbonyl (C=O) groups is 4. The first kappa shape index (κ1) is 18.4. The normalized spacial score (nSPS) is 18.1. The molecule has 5 rings (SSSR count). The fourth-order valence-electron chi connectivity index (χ4n) is 3.82. The number of hydrogen-bond acceptors (Lipinski definition) is 6. The van der Waals surface area contributed by atoms with Crippen molar-refractivity contribution in [3.8, 4) is 0 Å². The molecular formula is C21H16N4O4S. The molecule has 2 aliphatic rings. The van der Waals surface area contributed by atoms with Gasteiger partial charge in [0, 0.05) is 24.3 Å². The number of amides is 4. The van der Waals surface area contributed by atoms with Crippen LogP contribution in [0.25, 0.3) is 10.2 Å². The second-order valence-electron chi connectivity index (χ2n) is 7.32. The van der Waals surface area contributed by atoms with Crippen molar-refractivity contribution in [1.29, 1.82) is 0 Å². The Morgan fingerprint density at radius 3 is 2.77 bits per heavy atom. The second kappa shape index (κ2) is 6.74. The van der Waals surface area contributed by atoms with Crippen molar-refractivity contribution in [3.05, 3.63) is 52.5 Å². The predicted octanol–water partition coefficient (Wildman–Crippen LogP) is 2.48. The molecule has 0 radical (unpaired) electrons. The summed E-state index contributed by atoms with van der Waals surface area (Å²) in [7, 11) is 0. The standard InChI is InChI=1S/C21H16N4O4S/c1-10-22-16-8-13(3-5-17(16)30-10)25-9-11(6-18(25)26)19(27)23-12-2-4-14-15(7-12)21(29)24-20(14)28/h2-5,7-8,11H,6,9H2,1H3,(H,23,27)(H,24,28,29). The summed E-state index contributed by atoms with van der Waals surface area (Å²) in [6.07, 6.45) is 0.101. The molecule has 1 fully saturated rings. The van der Waals surface area contributed by atoms with E-state index in [-0.39, 0.29) is 35.9 Å². The molecule has 2 N–H and O–H groups in total. The van der Waals surface area contributed by atoms with Crippen LogP contribution in [0, 0.1) is 12.8 Å². The highest BCUT2D eigenvalue weighted by Crippen LogP contribution is 2.31. The fourth-order valence-corrected chi connectivity index (χ4v) is 4.63. The van der Waals surface area contributed by atoms with E-state index in [2.05, 4.69) is 15.6 Å². The first-order valence-electron chi connectivity index (χ1n) is 9.37. The van der Waals surface area contributed by atoms with Gasteiger partial charge in [-0.05, 0) is 43.3 Å². The van der Waals surface area contributed by atoms with Crippen molar-refractivity contribution < 1.29 is 19.2 Å². The summed E-state index contributed by atoms with van der Waals surface area (Å²) < 4.78 is 1.05. The van der Waals surface area contributed by atoms with Crippen molar-refractivity contribution in [2.45, 2.75) is 13.3 Å². The van der Waals surface area contributed by atoms with Crippen LogP contribution in [0.1, 0.15) is 32.1 Å². The quantitative estimate of drug-likeness (QED) is 0.633. The number of imide groups is 1. The molecular weight excluding hydrogens is 404 g/mol. The Bertz CT molecular complexity index is 1270. The molecule has 8 nitrogen and oxygen atoms in total. The summed E-state index contributed by atoms with van der Waals surface area (Å²) in [5.74, 6) is -1.88. The van der Waals surface area contributed by atoms with Crippen LogP contribution in [0.5, 0.6) is 0 Å². The molecule has 0 bridgehead atoms. The minimum Gasteiger partial charge on any atom is -0.326 e. The van der Waals surface area contributed by atoms with E-state index >= 15 is 0 Å². The van der Waals surface area contributed by atoms with E-state index in [0.29, 0.717) is 5.69 Å². The minimum absolute atomic E-state index is 0.101. The lowest BCUT2D eigenvalue weighted by molar-refractivity contribution is -0.122. The molecule has 3 aromatic rings. The SMILES string of the molecule is Cc1nc2cc(N3CC(C(=O)Nc4ccc5c(c4)C(=O)NC5=O)CC3=O)ccc2s1. The highest BCUT2D eigenvalue weighted by atomic mass is 32.1. The monoisotopic (exact) mass is 420 g/mol. The molecule has 2 aliphatic heterocycles. The van der Waals surface area contributed by atoms with Crippen molar-refractivity contribution in [1.82, 2.24) is 10.3 Å². The summed E-state index contributed by atoms with van der Waals surface area (Å²) in [6, 6.07) is 10.2. The van der Waals surface area contributed by atoms with Gasteiger partial charge in [0.2, 0.25) is 11.8 Å². The Kier molecular flexibility index (Phi) is 4.14. The zero-order valence-electron chi connectivity index (χ0n) is 15.9. The number of aryl methyl sites for hydroxylation is 1. The maximum atomic E-state index is 12.7. The molecule has 30 heavy (non-hydrogen) atoms. The van der Waals surface area contributed by atoms with Crippen LogP contribution in [0.3, 0.4) is 0 Å². The maximum absolute atomic E-state index is 12.7. The molecule has 1 atom stereocenters. The van der Waals surface area contributed by atoms with Crippen LogP contribution in [0.2, 0.25) is 0 Å². The number of aromatic nitrogens is 1. The second-order valence-corrected chi connectivity index (χ2v) is 8.56. The van der Waals surface area contributed by atoms with Gasteiger partial charge >= 0.3 is 0 Å². The van der Waals surface area contributed by atoms with Gasteiger partial charge in [-0.25, -0.2) is 4.98 Å². The minimum atomic E-state index is -0.519. The largest absolute Gasteiger partial charge is 0.326 e. The number of anilines is 2. The summed E-state index contributed by atoms with van der Waals surface area (Å²) in [5, 5.41) is 5.93. The number of benzene rings is 2. The third-order valence-electron chi connectivity index (χ3n) is 5.29. The molecule has 4 amide bonds. The average Bonchev–Trinajstić information content (AvgIpc) is 3.36. The molecule has 0 saturated carbocycles. The zero-order valence-corrected chi connectivity index (χ0v) is 16.7. The van der Waals surface area contributed by atoms with E-state index in [9.17, 15) is 19.2 Å². The number of carbonyl (C=O) groups excluding carboxylic acids is 4. The van der Waals surface area contributed by atoms with Crippen LogP contribution in [-0.2, 0) is 9.59 Å². The first-order valence-corrected chi connectivity index (χ1v) is 10.2. The number of thiazole rings is 1. The molecule has 0 aliphatic carbocycles. The highest BCUT2D eigenvalue weighted by Gasteiger charge is 2.35. The van der Waals surface area contributed by atoms with Gasteiger partial charge in [0.25, 0.3) is 11.8 Å². The van der Waals surface area contributed by atoms with Gasteiger partial charge in [-0.15, -0.1) is 11.3 Å². The van der Waals surface area contributed by atoms with E-state index in [0.717, 1.165) is 20.9 Å². The molecule has 2 aromatic carbocycles. The van der Waals surface area contributed by atoms with Crippen LogP contribution in [0.4, 0.5) is 11.4 Å². The molecule has 9 heteroatoms. The third kappa shape index (κ3) is 3.03.